The van der Waals surface area contributed by atoms with Crippen LogP contribution in [0.1, 0.15) is 25.3 Å². The molecule has 1 atom stereocenters. The van der Waals surface area contributed by atoms with Crippen molar-refractivity contribution in [1.82, 2.24) is 0 Å². The summed E-state index contributed by atoms with van der Waals surface area (Å²) in [7, 11) is 1.36. The normalized spacial score (nSPS) is 15.1. The quantitative estimate of drug-likeness (QED) is 0.870. The zero-order valence-electron chi connectivity index (χ0n) is 10.8. The lowest BCUT2D eigenvalue weighted by Gasteiger charge is -2.29. The van der Waals surface area contributed by atoms with Crippen LogP contribution in [0.3, 0.4) is 0 Å². The van der Waals surface area contributed by atoms with E-state index in [4.69, 9.17) is 4.74 Å². The molecule has 1 rings (SSSR count). The van der Waals surface area contributed by atoms with Crippen LogP contribution in [0.25, 0.3) is 0 Å². The highest BCUT2D eigenvalue weighted by Gasteiger charge is 2.51. The number of phenolic OH excluding ortho intramolecular Hbond substituents is 1. The highest BCUT2D eigenvalue weighted by Crippen LogP contribution is 2.37. The molecule has 0 fully saturated rings. The van der Waals surface area contributed by atoms with Gasteiger partial charge in [0.15, 0.2) is 17.1 Å². The first-order valence-corrected chi connectivity index (χ1v) is 5.88. The number of benzene rings is 1. The van der Waals surface area contributed by atoms with Crippen molar-refractivity contribution in [1.29, 1.82) is 0 Å². The van der Waals surface area contributed by atoms with Gasteiger partial charge >= 0.3 is 6.18 Å². The van der Waals surface area contributed by atoms with Crippen molar-refractivity contribution in [3.63, 3.8) is 0 Å². The van der Waals surface area contributed by atoms with E-state index in [1.165, 1.54) is 32.2 Å². The molecule has 0 aliphatic heterocycles. The van der Waals surface area contributed by atoms with E-state index in [0.29, 0.717) is 5.56 Å². The lowest BCUT2D eigenvalue weighted by molar-refractivity contribution is -0.263. The standard InChI is InChI=1S/C13H17F3O3/c1-3-12(18,13(14,15)16)7-6-9-4-5-10(17)11(8-9)19-2/h4-5,8,17-18H,3,6-7H2,1-2H3. The Kier molecular flexibility index (Phi) is 4.68. The molecule has 19 heavy (non-hydrogen) atoms. The second kappa shape index (κ2) is 5.69. The van der Waals surface area contributed by atoms with E-state index < -0.39 is 24.6 Å². The van der Waals surface area contributed by atoms with Gasteiger partial charge in [-0.3, -0.25) is 0 Å². The summed E-state index contributed by atoms with van der Waals surface area (Å²) in [5.74, 6) is 0.123. The topological polar surface area (TPSA) is 49.7 Å². The Morgan fingerprint density at radius 1 is 1.26 bits per heavy atom. The fourth-order valence-electron chi connectivity index (χ4n) is 1.75. The summed E-state index contributed by atoms with van der Waals surface area (Å²) in [6, 6.07) is 4.32. The maximum atomic E-state index is 12.7. The van der Waals surface area contributed by atoms with E-state index in [2.05, 4.69) is 0 Å². The van der Waals surface area contributed by atoms with Gasteiger partial charge in [-0.2, -0.15) is 13.2 Å². The highest BCUT2D eigenvalue weighted by atomic mass is 19.4. The van der Waals surface area contributed by atoms with E-state index in [-0.39, 0.29) is 17.9 Å². The molecule has 108 valence electrons. The molecule has 0 radical (unpaired) electrons. The molecular weight excluding hydrogens is 261 g/mol. The zero-order chi connectivity index (χ0) is 14.7. The van der Waals surface area contributed by atoms with Crippen LogP contribution in [-0.4, -0.2) is 29.1 Å². The number of halogens is 3. The van der Waals surface area contributed by atoms with Gasteiger partial charge in [-0.05, 0) is 37.0 Å². The highest BCUT2D eigenvalue weighted by molar-refractivity contribution is 5.41. The van der Waals surface area contributed by atoms with Gasteiger partial charge in [-0.1, -0.05) is 13.0 Å². The monoisotopic (exact) mass is 278 g/mol. The smallest absolute Gasteiger partial charge is 0.417 e. The number of aromatic hydroxyl groups is 1. The first-order valence-electron chi connectivity index (χ1n) is 5.88. The molecule has 0 aromatic heterocycles. The van der Waals surface area contributed by atoms with Crippen molar-refractivity contribution in [3.05, 3.63) is 23.8 Å². The average Bonchev–Trinajstić information content (AvgIpc) is 2.36. The Morgan fingerprint density at radius 3 is 2.37 bits per heavy atom. The predicted octanol–water partition coefficient (Wildman–Crippen LogP) is 3.04. The number of methoxy groups -OCH3 is 1. The molecule has 0 bridgehead atoms. The van der Waals surface area contributed by atoms with Gasteiger partial charge in [0.1, 0.15) is 0 Å². The largest absolute Gasteiger partial charge is 0.504 e. The zero-order valence-corrected chi connectivity index (χ0v) is 10.8. The van der Waals surface area contributed by atoms with Crippen LogP contribution < -0.4 is 4.74 Å². The SMILES string of the molecule is CCC(O)(CCc1ccc(O)c(OC)c1)C(F)(F)F. The van der Waals surface area contributed by atoms with Crippen LogP contribution in [0.2, 0.25) is 0 Å². The molecule has 1 aromatic rings. The summed E-state index contributed by atoms with van der Waals surface area (Å²) < 4.78 is 43.0. The second-order valence-electron chi connectivity index (χ2n) is 4.39. The molecule has 2 N–H and O–H groups in total. The maximum absolute atomic E-state index is 12.7. The molecule has 3 nitrogen and oxygen atoms in total. The molecule has 0 aliphatic carbocycles. The van der Waals surface area contributed by atoms with Gasteiger partial charge in [0.2, 0.25) is 0 Å². The maximum Gasteiger partial charge on any atom is 0.417 e. The van der Waals surface area contributed by atoms with Crippen LogP contribution in [0.5, 0.6) is 11.5 Å². The van der Waals surface area contributed by atoms with Crippen molar-refractivity contribution >= 4 is 0 Å². The molecule has 1 aromatic carbocycles. The van der Waals surface area contributed by atoms with E-state index >= 15 is 0 Å². The summed E-state index contributed by atoms with van der Waals surface area (Å²) in [4.78, 5) is 0. The van der Waals surface area contributed by atoms with Crippen LogP contribution in [0, 0.1) is 0 Å². The molecule has 0 amide bonds. The van der Waals surface area contributed by atoms with E-state index in [1.807, 2.05) is 0 Å². The third-order valence-electron chi connectivity index (χ3n) is 3.18. The number of aliphatic hydroxyl groups is 1. The third-order valence-corrected chi connectivity index (χ3v) is 3.18. The summed E-state index contributed by atoms with van der Waals surface area (Å²) in [5.41, 5.74) is -2.12. The summed E-state index contributed by atoms with van der Waals surface area (Å²) >= 11 is 0. The summed E-state index contributed by atoms with van der Waals surface area (Å²) in [6.45, 7) is 1.30. The number of phenols is 1. The number of hydrogen-bond acceptors (Lipinski definition) is 3. The fraction of sp³-hybridized carbons (Fsp3) is 0.538. The lowest BCUT2D eigenvalue weighted by Crippen LogP contribution is -2.44. The van der Waals surface area contributed by atoms with Gasteiger partial charge in [0.05, 0.1) is 7.11 Å². The summed E-state index contributed by atoms with van der Waals surface area (Å²) in [6.07, 6.45) is -5.43. The van der Waals surface area contributed by atoms with Gasteiger partial charge in [-0.15, -0.1) is 0 Å². The number of ether oxygens (including phenoxy) is 1. The average molecular weight is 278 g/mol. The number of hydrogen-bond donors (Lipinski definition) is 2. The van der Waals surface area contributed by atoms with Gasteiger partial charge in [0.25, 0.3) is 0 Å². The third kappa shape index (κ3) is 3.53. The Hall–Kier alpha value is -1.43. The Bertz CT molecular complexity index is 432. The van der Waals surface area contributed by atoms with Crippen LogP contribution >= 0.6 is 0 Å². The lowest BCUT2D eigenvalue weighted by atomic mass is 9.91. The summed E-state index contributed by atoms with van der Waals surface area (Å²) in [5, 5.41) is 19.0. The molecular formula is C13H17F3O3. The van der Waals surface area contributed by atoms with Crippen molar-refractivity contribution in [2.75, 3.05) is 7.11 Å². The van der Waals surface area contributed by atoms with E-state index in [1.54, 1.807) is 0 Å². The molecule has 1 unspecified atom stereocenters. The van der Waals surface area contributed by atoms with Gasteiger partial charge in [0, 0.05) is 0 Å². The molecule has 0 saturated heterocycles. The van der Waals surface area contributed by atoms with Crippen molar-refractivity contribution in [3.8, 4) is 11.5 Å². The minimum absolute atomic E-state index is 0.0422. The van der Waals surface area contributed by atoms with Crippen molar-refractivity contribution in [2.45, 2.75) is 38.0 Å². The minimum atomic E-state index is -4.65. The van der Waals surface area contributed by atoms with Crippen molar-refractivity contribution < 1.29 is 28.1 Å². The van der Waals surface area contributed by atoms with Gasteiger partial charge in [-0.25, -0.2) is 0 Å². The molecule has 0 spiro atoms. The Labute approximate surface area is 109 Å². The first-order chi connectivity index (χ1) is 8.73. The number of rotatable bonds is 5. The van der Waals surface area contributed by atoms with Crippen LogP contribution in [0.15, 0.2) is 18.2 Å². The van der Waals surface area contributed by atoms with E-state index in [9.17, 15) is 23.4 Å². The molecule has 6 heteroatoms. The Morgan fingerprint density at radius 2 is 1.89 bits per heavy atom. The van der Waals surface area contributed by atoms with Gasteiger partial charge < -0.3 is 14.9 Å². The second-order valence-corrected chi connectivity index (χ2v) is 4.39. The fourth-order valence-corrected chi connectivity index (χ4v) is 1.75. The minimum Gasteiger partial charge on any atom is -0.504 e. The van der Waals surface area contributed by atoms with Crippen LogP contribution in [-0.2, 0) is 6.42 Å². The van der Waals surface area contributed by atoms with E-state index in [0.717, 1.165) is 0 Å². The molecule has 0 saturated carbocycles. The number of aryl methyl sites for hydroxylation is 1. The molecule has 0 heterocycles. The van der Waals surface area contributed by atoms with Crippen LogP contribution in [0.4, 0.5) is 13.2 Å². The molecule has 0 aliphatic rings. The first kappa shape index (κ1) is 15.6. The van der Waals surface area contributed by atoms with Crippen molar-refractivity contribution in [2.24, 2.45) is 0 Å². The number of alkyl halides is 3. The predicted molar refractivity (Wildman–Crippen MR) is 64.3 cm³/mol. The Balaban J connectivity index is 2.81.